The fraction of sp³-hybridized carbons (Fsp3) is 0.208. The highest BCUT2D eigenvalue weighted by Crippen LogP contribution is 2.31. The van der Waals surface area contributed by atoms with Crippen LogP contribution in [0.4, 0.5) is 0 Å². The highest BCUT2D eigenvalue weighted by Gasteiger charge is 2.34. The van der Waals surface area contributed by atoms with Crippen LogP contribution in [0.25, 0.3) is 5.69 Å². The average Bonchev–Trinajstić information content (AvgIpc) is 3.15. The Balaban J connectivity index is 1.89. The van der Waals surface area contributed by atoms with Crippen molar-refractivity contribution in [2.75, 3.05) is 13.2 Å². The van der Waals surface area contributed by atoms with E-state index in [1.807, 2.05) is 48.5 Å². The first kappa shape index (κ1) is 21.5. The summed E-state index contributed by atoms with van der Waals surface area (Å²) in [7, 11) is 0. The number of hydrogen-bond donors (Lipinski definition) is 3. The van der Waals surface area contributed by atoms with Crippen LogP contribution in [-0.4, -0.2) is 55.9 Å². The van der Waals surface area contributed by atoms with Crippen LogP contribution < -0.4 is 0 Å². The molecule has 2 atom stereocenters. The van der Waals surface area contributed by atoms with E-state index in [2.05, 4.69) is 10.9 Å². The third-order valence-corrected chi connectivity index (χ3v) is 5.21. The maximum absolute atomic E-state index is 11.5. The third-order valence-electron chi connectivity index (χ3n) is 5.21. The molecule has 3 N–H and O–H groups in total. The number of aliphatic carboxylic acids is 1. The van der Waals surface area contributed by atoms with Gasteiger partial charge in [0, 0.05) is 16.7 Å². The Bertz CT molecular complexity index is 1210. The van der Waals surface area contributed by atoms with Crippen molar-refractivity contribution in [3.05, 3.63) is 82.9 Å². The highest BCUT2D eigenvalue weighted by molar-refractivity contribution is 6.15. The van der Waals surface area contributed by atoms with Crippen LogP contribution in [0.2, 0.25) is 0 Å². The van der Waals surface area contributed by atoms with Gasteiger partial charge in [0.1, 0.15) is 6.10 Å². The van der Waals surface area contributed by atoms with Gasteiger partial charge in [-0.2, -0.15) is 0 Å². The molecule has 0 aliphatic carbocycles. The van der Waals surface area contributed by atoms with E-state index in [0.29, 0.717) is 11.3 Å². The number of nitrogens with zero attached hydrogens (tertiary/aromatic N) is 3. The number of benzene rings is 2. The molecular weight excluding hydrogens is 410 g/mol. The van der Waals surface area contributed by atoms with Crippen molar-refractivity contribution in [1.29, 1.82) is 0 Å². The third kappa shape index (κ3) is 3.92. The van der Waals surface area contributed by atoms with Crippen molar-refractivity contribution in [2.24, 2.45) is 4.99 Å². The standard InChI is InChI=1S/C24H21N3O5/c1-2-15-8-9-18-17(12-15)20(16-6-4-3-5-7-16)25-13-19-21(26-14-27(18)19)23(32-11-10-28)22(29)24(30)31/h1,3-9,12,14,22-23,28-29H,10-11,13H2,(H,30,31). The molecular formula is C24H21N3O5. The zero-order valence-electron chi connectivity index (χ0n) is 17.0. The van der Waals surface area contributed by atoms with Crippen molar-refractivity contribution in [3.8, 4) is 18.0 Å². The molecule has 2 heterocycles. The maximum atomic E-state index is 11.5. The summed E-state index contributed by atoms with van der Waals surface area (Å²) < 4.78 is 7.27. The minimum absolute atomic E-state index is 0.151. The summed E-state index contributed by atoms with van der Waals surface area (Å²) in [6, 6.07) is 15.2. The Morgan fingerprint density at radius 2 is 2.03 bits per heavy atom. The van der Waals surface area contributed by atoms with Crippen molar-refractivity contribution < 1.29 is 24.9 Å². The molecule has 0 saturated carbocycles. The lowest BCUT2D eigenvalue weighted by molar-refractivity contribution is -0.157. The highest BCUT2D eigenvalue weighted by atomic mass is 16.5. The Labute approximate surface area is 184 Å². The first-order valence-electron chi connectivity index (χ1n) is 9.96. The fourth-order valence-corrected chi connectivity index (χ4v) is 3.73. The molecule has 8 nitrogen and oxygen atoms in total. The van der Waals surface area contributed by atoms with Crippen LogP contribution in [0.1, 0.15) is 34.2 Å². The van der Waals surface area contributed by atoms with Gasteiger partial charge in [-0.05, 0) is 18.2 Å². The number of hydrogen-bond acceptors (Lipinski definition) is 6. The Kier molecular flexibility index (Phi) is 6.14. The summed E-state index contributed by atoms with van der Waals surface area (Å²) >= 11 is 0. The van der Waals surface area contributed by atoms with E-state index in [9.17, 15) is 15.0 Å². The van der Waals surface area contributed by atoms with E-state index in [0.717, 1.165) is 22.5 Å². The van der Waals surface area contributed by atoms with E-state index in [4.69, 9.17) is 21.3 Å². The van der Waals surface area contributed by atoms with Crippen LogP contribution in [0.15, 0.2) is 59.9 Å². The van der Waals surface area contributed by atoms with Gasteiger partial charge < -0.3 is 24.6 Å². The van der Waals surface area contributed by atoms with E-state index in [1.54, 1.807) is 10.9 Å². The zero-order valence-corrected chi connectivity index (χ0v) is 17.0. The molecule has 0 spiro atoms. The number of carboxylic acids is 1. The molecule has 2 unspecified atom stereocenters. The van der Waals surface area contributed by atoms with Crippen molar-refractivity contribution in [2.45, 2.75) is 18.8 Å². The van der Waals surface area contributed by atoms with Crippen molar-refractivity contribution in [1.82, 2.24) is 9.55 Å². The van der Waals surface area contributed by atoms with E-state index in [-0.39, 0.29) is 25.5 Å². The van der Waals surface area contributed by atoms with Gasteiger partial charge in [-0.1, -0.05) is 36.3 Å². The molecule has 1 aliphatic heterocycles. The van der Waals surface area contributed by atoms with Gasteiger partial charge in [0.25, 0.3) is 0 Å². The van der Waals surface area contributed by atoms with Gasteiger partial charge in [0.15, 0.2) is 6.10 Å². The average molecular weight is 431 g/mol. The molecule has 32 heavy (non-hydrogen) atoms. The molecule has 0 fully saturated rings. The summed E-state index contributed by atoms with van der Waals surface area (Å²) in [5.41, 5.74) is 4.74. The zero-order chi connectivity index (χ0) is 22.7. The monoisotopic (exact) mass is 431 g/mol. The number of fused-ring (bicyclic) bond motifs is 3. The van der Waals surface area contributed by atoms with E-state index >= 15 is 0 Å². The summed E-state index contributed by atoms with van der Waals surface area (Å²) in [6.45, 7) is -0.306. The number of ether oxygens (including phenoxy) is 1. The first-order chi connectivity index (χ1) is 15.5. The number of carboxylic acid groups (broad SMARTS) is 1. The minimum Gasteiger partial charge on any atom is -0.479 e. The van der Waals surface area contributed by atoms with Gasteiger partial charge in [-0.15, -0.1) is 6.42 Å². The number of rotatable bonds is 7. The molecule has 1 aliphatic rings. The van der Waals surface area contributed by atoms with Crippen molar-refractivity contribution >= 4 is 11.7 Å². The SMILES string of the molecule is C#Cc1ccc2c(c1)C(c1ccccc1)=NCc1c(C(OCCO)C(O)C(=O)O)ncn1-2. The first-order valence-corrected chi connectivity index (χ1v) is 9.96. The van der Waals surface area contributed by atoms with Crippen molar-refractivity contribution in [3.63, 3.8) is 0 Å². The normalized spacial score (nSPS) is 14.3. The predicted octanol–water partition coefficient (Wildman–Crippen LogP) is 1.70. The number of imidazole rings is 1. The van der Waals surface area contributed by atoms with Crippen LogP contribution in [-0.2, 0) is 16.1 Å². The van der Waals surface area contributed by atoms with Crippen LogP contribution in [0.5, 0.6) is 0 Å². The number of aliphatic hydroxyl groups is 2. The Morgan fingerprint density at radius 3 is 2.72 bits per heavy atom. The number of carbonyl (C=O) groups is 1. The molecule has 1 aromatic heterocycles. The maximum Gasteiger partial charge on any atom is 0.335 e. The minimum atomic E-state index is -1.86. The summed E-state index contributed by atoms with van der Waals surface area (Å²) in [5.74, 6) is 1.20. The summed E-state index contributed by atoms with van der Waals surface area (Å²) in [4.78, 5) is 20.6. The number of aromatic nitrogens is 2. The lowest BCUT2D eigenvalue weighted by Crippen LogP contribution is -2.31. The summed E-state index contributed by atoms with van der Waals surface area (Å²) in [6.07, 6.45) is 4.05. The topological polar surface area (TPSA) is 117 Å². The van der Waals surface area contributed by atoms with Crippen LogP contribution in [0, 0.1) is 12.3 Å². The molecule has 162 valence electrons. The second-order valence-electron chi connectivity index (χ2n) is 7.15. The number of aliphatic imine (C=N–C) groups is 1. The lowest BCUT2D eigenvalue weighted by atomic mass is 9.98. The Hall–Kier alpha value is -3.77. The van der Waals surface area contributed by atoms with E-state index in [1.165, 1.54) is 0 Å². The molecule has 0 saturated heterocycles. The second-order valence-corrected chi connectivity index (χ2v) is 7.15. The van der Waals surface area contributed by atoms with Crippen LogP contribution in [0.3, 0.4) is 0 Å². The quantitative estimate of drug-likeness (QED) is 0.490. The van der Waals surface area contributed by atoms with Gasteiger partial charge in [0.2, 0.25) is 0 Å². The van der Waals surface area contributed by atoms with Gasteiger partial charge in [0.05, 0.1) is 48.9 Å². The van der Waals surface area contributed by atoms with E-state index < -0.39 is 18.2 Å². The molecule has 8 heteroatoms. The molecule has 3 aromatic rings. The Morgan fingerprint density at radius 1 is 1.25 bits per heavy atom. The molecule has 2 aromatic carbocycles. The predicted molar refractivity (Wildman–Crippen MR) is 117 cm³/mol. The molecule has 0 bridgehead atoms. The molecule has 0 amide bonds. The van der Waals surface area contributed by atoms with Gasteiger partial charge >= 0.3 is 5.97 Å². The fourth-order valence-electron chi connectivity index (χ4n) is 3.73. The van der Waals surface area contributed by atoms with Gasteiger partial charge in [-0.3, -0.25) is 4.99 Å². The molecule has 0 radical (unpaired) electrons. The smallest absolute Gasteiger partial charge is 0.335 e. The van der Waals surface area contributed by atoms with Crippen LogP contribution >= 0.6 is 0 Å². The lowest BCUT2D eigenvalue weighted by Gasteiger charge is -2.20. The summed E-state index contributed by atoms with van der Waals surface area (Å²) in [5, 5.41) is 28.7. The largest absolute Gasteiger partial charge is 0.479 e. The number of aliphatic hydroxyl groups excluding tert-OH is 2. The second kappa shape index (κ2) is 9.16. The number of terminal acetylenes is 1. The molecule has 4 rings (SSSR count). The van der Waals surface area contributed by atoms with Gasteiger partial charge in [-0.25, -0.2) is 9.78 Å².